The van der Waals surface area contributed by atoms with E-state index in [2.05, 4.69) is 15.8 Å². The quantitative estimate of drug-likeness (QED) is 0.171. The molecular weight excluding hydrogens is 410 g/mol. The van der Waals surface area contributed by atoms with Crippen LogP contribution < -0.4 is 15.5 Å². The average Bonchev–Trinajstić information content (AvgIpc) is 2.78. The van der Waals surface area contributed by atoms with Crippen molar-refractivity contribution in [2.75, 3.05) is 12.4 Å². The number of rotatable bonds is 12. The van der Waals surface area contributed by atoms with Gasteiger partial charge in [0.25, 0.3) is 0 Å². The summed E-state index contributed by atoms with van der Waals surface area (Å²) in [5.74, 6) is 0.191. The number of unbranched alkanes of at least 4 members (excludes halogenated alkanes) is 3. The van der Waals surface area contributed by atoms with Crippen molar-refractivity contribution in [2.24, 2.45) is 5.10 Å². The van der Waals surface area contributed by atoms with E-state index in [1.807, 2.05) is 0 Å². The van der Waals surface area contributed by atoms with Crippen LogP contribution in [0.4, 0.5) is 5.69 Å². The minimum atomic E-state index is -0.168. The molecule has 32 heavy (non-hydrogen) atoms. The number of amides is 2. The van der Waals surface area contributed by atoms with Crippen molar-refractivity contribution in [2.45, 2.75) is 38.5 Å². The van der Waals surface area contributed by atoms with Crippen LogP contribution in [0.3, 0.4) is 0 Å². The summed E-state index contributed by atoms with van der Waals surface area (Å²) in [4.78, 5) is 23.7. The molecule has 2 amide bonds. The van der Waals surface area contributed by atoms with Crippen LogP contribution in [0.5, 0.6) is 17.2 Å². The first-order chi connectivity index (χ1) is 15.5. The summed E-state index contributed by atoms with van der Waals surface area (Å²) in [6, 6.07) is 11.6. The number of hydrazone groups is 1. The lowest BCUT2D eigenvalue weighted by Crippen LogP contribution is -2.16. The fraction of sp³-hybridized carbons (Fsp3) is 0.292. The fourth-order valence-corrected chi connectivity index (χ4v) is 2.88. The number of phenolic OH excluding ortho intramolecular Hbond substituents is 2. The molecule has 0 saturated carbocycles. The first-order valence-electron chi connectivity index (χ1n) is 10.4. The van der Waals surface area contributed by atoms with Crippen molar-refractivity contribution in [3.05, 3.63) is 54.1 Å². The molecule has 0 aliphatic carbocycles. The van der Waals surface area contributed by atoms with Gasteiger partial charge in [0.1, 0.15) is 5.75 Å². The molecule has 170 valence electrons. The van der Waals surface area contributed by atoms with E-state index in [-0.39, 0.29) is 23.3 Å². The molecule has 0 atom stereocenters. The van der Waals surface area contributed by atoms with Gasteiger partial charge < -0.3 is 20.3 Å². The summed E-state index contributed by atoms with van der Waals surface area (Å²) < 4.78 is 5.04. The van der Waals surface area contributed by atoms with Crippen molar-refractivity contribution in [1.29, 1.82) is 0 Å². The summed E-state index contributed by atoms with van der Waals surface area (Å²) in [5.41, 5.74) is 3.70. The van der Waals surface area contributed by atoms with Crippen LogP contribution in [-0.2, 0) is 9.59 Å². The van der Waals surface area contributed by atoms with Crippen LogP contribution in [0.2, 0.25) is 0 Å². The molecule has 0 saturated heterocycles. The highest BCUT2D eigenvalue weighted by molar-refractivity contribution is 5.92. The van der Waals surface area contributed by atoms with Crippen molar-refractivity contribution in [3.63, 3.8) is 0 Å². The van der Waals surface area contributed by atoms with E-state index in [0.717, 1.165) is 18.4 Å². The number of ether oxygens (including phenoxy) is 1. The van der Waals surface area contributed by atoms with Crippen LogP contribution in [0, 0.1) is 0 Å². The predicted molar refractivity (Wildman–Crippen MR) is 125 cm³/mol. The summed E-state index contributed by atoms with van der Waals surface area (Å²) >= 11 is 0. The van der Waals surface area contributed by atoms with E-state index >= 15 is 0 Å². The maximum absolute atomic E-state index is 11.9. The minimum absolute atomic E-state index is 0.0468. The van der Waals surface area contributed by atoms with Gasteiger partial charge in [-0.25, -0.2) is 5.43 Å². The number of benzene rings is 2. The average molecular weight is 440 g/mol. The van der Waals surface area contributed by atoms with Crippen molar-refractivity contribution >= 4 is 29.8 Å². The minimum Gasteiger partial charge on any atom is -0.506 e. The molecule has 8 heteroatoms. The monoisotopic (exact) mass is 439 g/mol. The van der Waals surface area contributed by atoms with Crippen LogP contribution in [0.1, 0.15) is 44.1 Å². The molecule has 0 fully saturated rings. The van der Waals surface area contributed by atoms with Gasteiger partial charge in [0.05, 0.1) is 12.8 Å². The number of para-hydroxylation sites is 2. The number of nitrogens with one attached hydrogen (secondary N) is 2. The first-order valence-corrected chi connectivity index (χ1v) is 10.4. The zero-order valence-electron chi connectivity index (χ0n) is 18.1. The lowest BCUT2D eigenvalue weighted by Gasteiger charge is -2.06. The Balaban J connectivity index is 1.55. The van der Waals surface area contributed by atoms with Gasteiger partial charge in [-0.15, -0.1) is 0 Å². The molecule has 0 bridgehead atoms. The second-order valence-electron chi connectivity index (χ2n) is 7.08. The van der Waals surface area contributed by atoms with E-state index in [1.54, 1.807) is 42.5 Å². The number of phenols is 2. The number of hydrogen-bond donors (Lipinski definition) is 4. The first kappa shape index (κ1) is 24.5. The zero-order valence-corrected chi connectivity index (χ0v) is 18.1. The highest BCUT2D eigenvalue weighted by atomic mass is 16.5. The number of anilines is 1. The van der Waals surface area contributed by atoms with Crippen molar-refractivity contribution in [1.82, 2.24) is 5.43 Å². The molecule has 8 nitrogen and oxygen atoms in total. The lowest BCUT2D eigenvalue weighted by atomic mass is 10.1. The number of allylic oxidation sites excluding steroid dienone is 1. The van der Waals surface area contributed by atoms with Gasteiger partial charge in [0.2, 0.25) is 11.8 Å². The Morgan fingerprint density at radius 3 is 2.41 bits per heavy atom. The zero-order chi connectivity index (χ0) is 23.2. The number of methoxy groups -OCH3 is 1. The highest BCUT2D eigenvalue weighted by Crippen LogP contribution is 2.26. The number of hydrogen-bond acceptors (Lipinski definition) is 6. The second-order valence-corrected chi connectivity index (χ2v) is 7.08. The molecule has 2 aromatic rings. The summed E-state index contributed by atoms with van der Waals surface area (Å²) in [5, 5.41) is 25.8. The van der Waals surface area contributed by atoms with Gasteiger partial charge in [-0.1, -0.05) is 37.1 Å². The van der Waals surface area contributed by atoms with E-state index in [0.29, 0.717) is 37.1 Å². The normalized spacial score (nSPS) is 11.0. The SMILES string of the molecule is COc1cc(/C=C/C=N/NC(=O)CCCCCCC(=O)Nc2ccccc2O)ccc1O. The predicted octanol–water partition coefficient (Wildman–Crippen LogP) is 4.20. The number of aromatic hydroxyl groups is 2. The van der Waals surface area contributed by atoms with Gasteiger partial charge in [-0.05, 0) is 48.7 Å². The molecule has 0 aliphatic rings. The van der Waals surface area contributed by atoms with E-state index in [9.17, 15) is 19.8 Å². The maximum atomic E-state index is 11.9. The van der Waals surface area contributed by atoms with Crippen LogP contribution in [0.15, 0.2) is 53.6 Å². The Morgan fingerprint density at radius 2 is 1.69 bits per heavy atom. The standard InChI is InChI=1S/C24H29N3O5/c1-32-22-17-18(14-15-21(22)29)9-8-16-25-27-24(31)13-5-3-2-4-12-23(30)26-19-10-6-7-11-20(19)28/h6-11,14-17,28-29H,2-5,12-13H2,1H3,(H,26,30)(H,27,31)/b9-8+,25-16+. The Bertz CT molecular complexity index is 956. The summed E-state index contributed by atoms with van der Waals surface area (Å²) in [7, 11) is 1.48. The van der Waals surface area contributed by atoms with Gasteiger partial charge in [0, 0.05) is 19.1 Å². The third-order valence-corrected chi connectivity index (χ3v) is 4.58. The number of carbonyl (C=O) groups is 2. The molecule has 2 aromatic carbocycles. The van der Waals surface area contributed by atoms with Gasteiger partial charge in [-0.3, -0.25) is 9.59 Å². The molecule has 0 aliphatic heterocycles. The third-order valence-electron chi connectivity index (χ3n) is 4.58. The Labute approximate surface area is 187 Å². The van der Waals surface area contributed by atoms with Gasteiger partial charge in [0.15, 0.2) is 11.5 Å². The summed E-state index contributed by atoms with van der Waals surface area (Å²) in [6.07, 6.45) is 8.74. The molecule has 0 aromatic heterocycles. The third kappa shape index (κ3) is 8.91. The number of carbonyl (C=O) groups excluding carboxylic acids is 2. The largest absolute Gasteiger partial charge is 0.506 e. The van der Waals surface area contributed by atoms with Crippen molar-refractivity contribution < 1.29 is 24.5 Å². The molecule has 0 spiro atoms. The smallest absolute Gasteiger partial charge is 0.240 e. The Morgan fingerprint density at radius 1 is 0.969 bits per heavy atom. The van der Waals surface area contributed by atoms with E-state index < -0.39 is 0 Å². The summed E-state index contributed by atoms with van der Waals surface area (Å²) in [6.45, 7) is 0. The van der Waals surface area contributed by atoms with Crippen molar-refractivity contribution in [3.8, 4) is 17.2 Å². The molecule has 0 radical (unpaired) electrons. The molecule has 0 unspecified atom stereocenters. The lowest BCUT2D eigenvalue weighted by molar-refractivity contribution is -0.121. The van der Waals surface area contributed by atoms with Gasteiger partial charge >= 0.3 is 0 Å². The Kier molecular flexibility index (Phi) is 10.3. The van der Waals surface area contributed by atoms with Crippen LogP contribution >= 0.6 is 0 Å². The molecule has 0 heterocycles. The van der Waals surface area contributed by atoms with Crippen LogP contribution in [0.25, 0.3) is 6.08 Å². The maximum Gasteiger partial charge on any atom is 0.240 e. The van der Waals surface area contributed by atoms with Crippen LogP contribution in [-0.4, -0.2) is 35.4 Å². The second kappa shape index (κ2) is 13.5. The van der Waals surface area contributed by atoms with Gasteiger partial charge in [-0.2, -0.15) is 5.10 Å². The van der Waals surface area contributed by atoms with E-state index in [4.69, 9.17) is 4.74 Å². The highest BCUT2D eigenvalue weighted by Gasteiger charge is 2.06. The molecular formula is C24H29N3O5. The van der Waals surface area contributed by atoms with E-state index in [1.165, 1.54) is 25.5 Å². The Hall–Kier alpha value is -3.81. The molecule has 4 N–H and O–H groups in total. The fourth-order valence-electron chi connectivity index (χ4n) is 2.88. The topological polar surface area (TPSA) is 120 Å². The number of nitrogens with zero attached hydrogens (tertiary/aromatic N) is 1. The molecule has 2 rings (SSSR count).